The zero-order valence-electron chi connectivity index (χ0n) is 16.5. The fraction of sp³-hybridized carbons (Fsp3) is 0.381. The molecule has 3 rings (SSSR count). The zero-order chi connectivity index (χ0) is 21.6. The number of likely N-dealkylation sites (tertiary alicyclic amines) is 1. The van der Waals surface area contributed by atoms with E-state index in [9.17, 15) is 13.2 Å². The molecule has 1 atom stereocenters. The molecule has 0 spiro atoms. The van der Waals surface area contributed by atoms with Crippen molar-refractivity contribution in [1.82, 2.24) is 14.9 Å². The van der Waals surface area contributed by atoms with Crippen LogP contribution in [0.2, 0.25) is 10.0 Å². The summed E-state index contributed by atoms with van der Waals surface area (Å²) < 4.78 is 27.1. The number of halogens is 2. The molecule has 2 N–H and O–H groups in total. The Morgan fingerprint density at radius 1 is 1.07 bits per heavy atom. The highest BCUT2D eigenvalue weighted by Gasteiger charge is 2.24. The molecule has 0 aliphatic carbocycles. The third-order valence-electron chi connectivity index (χ3n) is 5.08. The second kappa shape index (κ2) is 10.6. The topological polar surface area (TPSA) is 78.5 Å². The summed E-state index contributed by atoms with van der Waals surface area (Å²) in [5, 5.41) is 3.74. The van der Waals surface area contributed by atoms with Gasteiger partial charge < -0.3 is 5.32 Å². The maximum atomic E-state index is 12.3. The van der Waals surface area contributed by atoms with Gasteiger partial charge in [-0.15, -0.1) is 0 Å². The van der Waals surface area contributed by atoms with Crippen LogP contribution in [0.25, 0.3) is 0 Å². The molecule has 30 heavy (non-hydrogen) atoms. The van der Waals surface area contributed by atoms with Gasteiger partial charge in [0, 0.05) is 24.5 Å². The fourth-order valence-corrected chi connectivity index (χ4v) is 5.31. The van der Waals surface area contributed by atoms with Crippen LogP contribution in [0.1, 0.15) is 30.9 Å². The van der Waals surface area contributed by atoms with Gasteiger partial charge in [0.1, 0.15) is 4.90 Å². The second-order valence-electron chi connectivity index (χ2n) is 7.20. The summed E-state index contributed by atoms with van der Waals surface area (Å²) in [6.07, 6.45) is 2.30. The van der Waals surface area contributed by atoms with Gasteiger partial charge in [0.05, 0.1) is 11.1 Å². The lowest BCUT2D eigenvalue weighted by molar-refractivity contribution is -0.121. The molecular formula is C21H25Cl2N3O3S. The minimum absolute atomic E-state index is 0.00197. The van der Waals surface area contributed by atoms with E-state index in [1.807, 2.05) is 24.3 Å². The minimum atomic E-state index is -3.76. The lowest BCUT2D eigenvalue weighted by Gasteiger charge is -2.28. The predicted octanol–water partition coefficient (Wildman–Crippen LogP) is 3.62. The van der Waals surface area contributed by atoms with E-state index in [4.69, 9.17) is 23.2 Å². The number of carbonyl (C=O) groups excluding carboxylic acids is 1. The zero-order valence-corrected chi connectivity index (χ0v) is 18.8. The quantitative estimate of drug-likeness (QED) is 0.587. The molecule has 1 fully saturated rings. The van der Waals surface area contributed by atoms with Crippen molar-refractivity contribution >= 4 is 39.1 Å². The molecule has 1 unspecified atom stereocenters. The van der Waals surface area contributed by atoms with E-state index in [-0.39, 0.29) is 34.8 Å². The highest BCUT2D eigenvalue weighted by molar-refractivity contribution is 7.89. The monoisotopic (exact) mass is 469 g/mol. The Morgan fingerprint density at radius 2 is 1.80 bits per heavy atom. The Bertz CT molecular complexity index is 979. The Kier molecular flexibility index (Phi) is 8.13. The van der Waals surface area contributed by atoms with Crippen molar-refractivity contribution in [1.29, 1.82) is 0 Å². The van der Waals surface area contributed by atoms with Gasteiger partial charge in [0.2, 0.25) is 15.9 Å². The van der Waals surface area contributed by atoms with Gasteiger partial charge in [-0.25, -0.2) is 13.1 Å². The summed E-state index contributed by atoms with van der Waals surface area (Å²) in [6.45, 7) is 2.39. The predicted molar refractivity (Wildman–Crippen MR) is 119 cm³/mol. The molecule has 1 aliphatic rings. The number of rotatable bonds is 9. The SMILES string of the molecule is O=C(CCNS(=O)(=O)c1ccccc1Cl)NCC(c1cccc(Cl)c1)N1CCCC1. The molecule has 0 aromatic heterocycles. The van der Waals surface area contributed by atoms with E-state index in [2.05, 4.69) is 14.9 Å². The molecule has 2 aromatic rings. The Balaban J connectivity index is 1.54. The summed E-state index contributed by atoms with van der Waals surface area (Å²) in [6, 6.07) is 13.9. The van der Waals surface area contributed by atoms with Crippen LogP contribution in [0.3, 0.4) is 0 Å². The molecular weight excluding hydrogens is 445 g/mol. The number of benzene rings is 2. The number of amides is 1. The van der Waals surface area contributed by atoms with E-state index in [0.29, 0.717) is 11.6 Å². The summed E-state index contributed by atoms with van der Waals surface area (Å²) in [4.78, 5) is 14.7. The van der Waals surface area contributed by atoms with Crippen molar-refractivity contribution in [2.24, 2.45) is 0 Å². The van der Waals surface area contributed by atoms with E-state index in [1.54, 1.807) is 12.1 Å². The van der Waals surface area contributed by atoms with Crippen LogP contribution in [0.5, 0.6) is 0 Å². The average molecular weight is 470 g/mol. The number of sulfonamides is 1. The van der Waals surface area contributed by atoms with Crippen LogP contribution in [-0.4, -0.2) is 45.4 Å². The summed E-state index contributed by atoms with van der Waals surface area (Å²) in [5.41, 5.74) is 1.06. The molecule has 9 heteroatoms. The van der Waals surface area contributed by atoms with Crippen LogP contribution < -0.4 is 10.0 Å². The maximum Gasteiger partial charge on any atom is 0.242 e. The molecule has 2 aromatic carbocycles. The third kappa shape index (κ3) is 6.18. The van der Waals surface area contributed by atoms with E-state index < -0.39 is 10.0 Å². The van der Waals surface area contributed by atoms with E-state index in [1.165, 1.54) is 12.1 Å². The molecule has 1 heterocycles. The van der Waals surface area contributed by atoms with Crippen LogP contribution >= 0.6 is 23.2 Å². The highest BCUT2D eigenvalue weighted by Crippen LogP contribution is 2.26. The van der Waals surface area contributed by atoms with Gasteiger partial charge in [0.25, 0.3) is 0 Å². The van der Waals surface area contributed by atoms with Gasteiger partial charge in [-0.05, 0) is 55.8 Å². The molecule has 0 radical (unpaired) electrons. The third-order valence-corrected chi connectivity index (χ3v) is 7.27. The lowest BCUT2D eigenvalue weighted by Crippen LogP contribution is -2.38. The standard InChI is InChI=1S/C21H25Cl2N3O3S/c22-17-7-5-6-16(14-17)19(26-12-3-4-13-26)15-24-21(27)10-11-25-30(28,29)20-9-2-1-8-18(20)23/h1-2,5-9,14,19,25H,3-4,10-13,15H2,(H,24,27). The Hall–Kier alpha value is -1.64. The van der Waals surface area contributed by atoms with Crippen molar-refractivity contribution < 1.29 is 13.2 Å². The second-order valence-corrected chi connectivity index (χ2v) is 9.78. The van der Waals surface area contributed by atoms with Crippen LogP contribution in [0, 0.1) is 0 Å². The average Bonchev–Trinajstić information content (AvgIpc) is 3.23. The van der Waals surface area contributed by atoms with E-state index >= 15 is 0 Å². The number of nitrogens with one attached hydrogen (secondary N) is 2. The first-order valence-corrected chi connectivity index (χ1v) is 12.1. The van der Waals surface area contributed by atoms with E-state index in [0.717, 1.165) is 31.5 Å². The van der Waals surface area contributed by atoms with Gasteiger partial charge >= 0.3 is 0 Å². The number of hydrogen-bond acceptors (Lipinski definition) is 4. The van der Waals surface area contributed by atoms with Gasteiger partial charge in [-0.2, -0.15) is 0 Å². The van der Waals surface area contributed by atoms with Crippen LogP contribution in [0.15, 0.2) is 53.4 Å². The number of hydrogen-bond donors (Lipinski definition) is 2. The normalized spacial score (nSPS) is 15.8. The molecule has 162 valence electrons. The minimum Gasteiger partial charge on any atom is -0.354 e. The molecule has 0 saturated carbocycles. The lowest BCUT2D eigenvalue weighted by atomic mass is 10.1. The van der Waals surface area contributed by atoms with Crippen molar-refractivity contribution in [3.05, 3.63) is 64.1 Å². The maximum absolute atomic E-state index is 12.3. The van der Waals surface area contributed by atoms with Crippen LogP contribution in [-0.2, 0) is 14.8 Å². The fourth-order valence-electron chi connectivity index (χ4n) is 3.56. The van der Waals surface area contributed by atoms with Crippen molar-refractivity contribution in [2.45, 2.75) is 30.2 Å². The van der Waals surface area contributed by atoms with Gasteiger partial charge in [0.15, 0.2) is 0 Å². The smallest absolute Gasteiger partial charge is 0.242 e. The first-order valence-electron chi connectivity index (χ1n) is 9.87. The number of nitrogens with zero attached hydrogens (tertiary/aromatic N) is 1. The molecule has 0 bridgehead atoms. The van der Waals surface area contributed by atoms with Crippen molar-refractivity contribution in [3.8, 4) is 0 Å². The van der Waals surface area contributed by atoms with Gasteiger partial charge in [-0.1, -0.05) is 47.5 Å². The van der Waals surface area contributed by atoms with Crippen molar-refractivity contribution in [3.63, 3.8) is 0 Å². The first-order chi connectivity index (χ1) is 14.4. The Labute approximate surface area is 187 Å². The highest BCUT2D eigenvalue weighted by atomic mass is 35.5. The molecule has 1 amide bonds. The largest absolute Gasteiger partial charge is 0.354 e. The molecule has 6 nitrogen and oxygen atoms in total. The number of carbonyl (C=O) groups is 1. The summed E-state index contributed by atoms with van der Waals surface area (Å²) in [5.74, 6) is -0.219. The summed E-state index contributed by atoms with van der Waals surface area (Å²) >= 11 is 12.1. The van der Waals surface area contributed by atoms with Gasteiger partial charge in [-0.3, -0.25) is 9.69 Å². The molecule has 1 saturated heterocycles. The van der Waals surface area contributed by atoms with Crippen LogP contribution in [0.4, 0.5) is 0 Å². The summed E-state index contributed by atoms with van der Waals surface area (Å²) in [7, 11) is -3.76. The first kappa shape index (κ1) is 23.0. The Morgan fingerprint density at radius 3 is 2.50 bits per heavy atom. The van der Waals surface area contributed by atoms with Crippen molar-refractivity contribution in [2.75, 3.05) is 26.2 Å². The molecule has 1 aliphatic heterocycles.